The zero-order chi connectivity index (χ0) is 19.0. The molecule has 7 nitrogen and oxygen atoms in total. The molecule has 0 spiro atoms. The molecule has 1 aromatic carbocycles. The fourth-order valence-corrected chi connectivity index (χ4v) is 3.57. The fourth-order valence-electron chi connectivity index (χ4n) is 3.57. The topological polar surface area (TPSA) is 99.9 Å². The van der Waals surface area contributed by atoms with Gasteiger partial charge < -0.3 is 19.2 Å². The number of likely N-dealkylation sites (tertiary alicyclic amines) is 1. The summed E-state index contributed by atoms with van der Waals surface area (Å²) in [5.74, 6) is -0.293. The number of benzene rings is 1. The van der Waals surface area contributed by atoms with Crippen LogP contribution in [0.2, 0.25) is 0 Å². The molecule has 0 saturated carbocycles. The Kier molecular flexibility index (Phi) is 4.67. The van der Waals surface area contributed by atoms with Crippen LogP contribution in [0.25, 0.3) is 11.0 Å². The summed E-state index contributed by atoms with van der Waals surface area (Å²) >= 11 is 0. The van der Waals surface area contributed by atoms with Crippen LogP contribution in [0.1, 0.15) is 36.0 Å². The van der Waals surface area contributed by atoms with Crippen molar-refractivity contribution in [2.75, 3.05) is 13.1 Å². The standard InChI is InChI=1S/C19H19FN2O5/c20-12-1-2-14-16(7-12)27-21-18(14)11-3-5-22(6-4-11)9-17-19(25)15(24)8-13(10-23)26-17/h1-2,7-8,11,23,25H,3-6,9-10H2. The molecule has 1 aliphatic heterocycles. The first kappa shape index (κ1) is 17.7. The first-order valence-corrected chi connectivity index (χ1v) is 8.78. The maximum atomic E-state index is 13.3. The predicted molar refractivity (Wildman–Crippen MR) is 93.8 cm³/mol. The molecule has 0 atom stereocenters. The van der Waals surface area contributed by atoms with Gasteiger partial charge in [0.25, 0.3) is 0 Å². The van der Waals surface area contributed by atoms with E-state index in [1.807, 2.05) is 0 Å². The molecule has 4 rings (SSSR count). The lowest BCUT2D eigenvalue weighted by molar-refractivity contribution is 0.174. The first-order valence-electron chi connectivity index (χ1n) is 8.78. The summed E-state index contributed by atoms with van der Waals surface area (Å²) in [5, 5.41) is 24.0. The molecule has 1 saturated heterocycles. The van der Waals surface area contributed by atoms with Gasteiger partial charge >= 0.3 is 0 Å². The van der Waals surface area contributed by atoms with Crippen molar-refractivity contribution in [1.29, 1.82) is 0 Å². The molecule has 27 heavy (non-hydrogen) atoms. The van der Waals surface area contributed by atoms with Crippen LogP contribution in [0.5, 0.6) is 5.75 Å². The fraction of sp³-hybridized carbons (Fsp3) is 0.368. The number of nitrogens with zero attached hydrogens (tertiary/aromatic N) is 2. The number of aromatic hydroxyl groups is 1. The Balaban J connectivity index is 1.46. The number of aromatic nitrogens is 1. The van der Waals surface area contributed by atoms with Crippen molar-refractivity contribution in [3.05, 3.63) is 57.5 Å². The van der Waals surface area contributed by atoms with Crippen molar-refractivity contribution >= 4 is 11.0 Å². The van der Waals surface area contributed by atoms with E-state index in [1.165, 1.54) is 12.1 Å². The molecule has 1 fully saturated rings. The molecule has 8 heteroatoms. The number of hydrogen-bond acceptors (Lipinski definition) is 7. The van der Waals surface area contributed by atoms with Crippen LogP contribution >= 0.6 is 0 Å². The number of fused-ring (bicyclic) bond motifs is 1. The zero-order valence-electron chi connectivity index (χ0n) is 14.5. The van der Waals surface area contributed by atoms with Crippen molar-refractivity contribution < 1.29 is 23.5 Å². The Morgan fingerprint density at radius 1 is 1.26 bits per heavy atom. The van der Waals surface area contributed by atoms with Gasteiger partial charge in [-0.15, -0.1) is 0 Å². The maximum absolute atomic E-state index is 13.3. The monoisotopic (exact) mass is 374 g/mol. The molecule has 2 aromatic heterocycles. The Hall–Kier alpha value is -2.71. The molecule has 2 N–H and O–H groups in total. The second-order valence-electron chi connectivity index (χ2n) is 6.77. The molecular weight excluding hydrogens is 355 g/mol. The SMILES string of the molecule is O=c1cc(CO)oc(CN2CCC(c3noc4cc(F)ccc34)CC2)c1O. The molecule has 142 valence electrons. The molecule has 0 radical (unpaired) electrons. The van der Waals surface area contributed by atoms with Gasteiger partial charge in [-0.3, -0.25) is 9.69 Å². The molecule has 0 unspecified atom stereocenters. The molecule has 0 bridgehead atoms. The van der Waals surface area contributed by atoms with Crippen molar-refractivity contribution in [1.82, 2.24) is 10.1 Å². The number of rotatable bonds is 4. The van der Waals surface area contributed by atoms with Crippen molar-refractivity contribution in [2.45, 2.75) is 31.9 Å². The van der Waals surface area contributed by atoms with Crippen molar-refractivity contribution in [3.8, 4) is 5.75 Å². The van der Waals surface area contributed by atoms with Crippen LogP contribution in [0.4, 0.5) is 4.39 Å². The molecule has 3 aromatic rings. The quantitative estimate of drug-likeness (QED) is 0.724. The van der Waals surface area contributed by atoms with E-state index in [4.69, 9.17) is 14.0 Å². The number of hydrogen-bond donors (Lipinski definition) is 2. The maximum Gasteiger partial charge on any atom is 0.227 e. The molecular formula is C19H19FN2O5. The van der Waals surface area contributed by atoms with E-state index in [0.29, 0.717) is 18.7 Å². The summed E-state index contributed by atoms with van der Waals surface area (Å²) in [6.07, 6.45) is 1.62. The van der Waals surface area contributed by atoms with Crippen molar-refractivity contribution in [2.24, 2.45) is 0 Å². The van der Waals surface area contributed by atoms with Gasteiger partial charge in [0.15, 0.2) is 11.3 Å². The largest absolute Gasteiger partial charge is 0.502 e. The van der Waals surface area contributed by atoms with Gasteiger partial charge in [0.1, 0.15) is 18.2 Å². The average Bonchev–Trinajstić information content (AvgIpc) is 3.08. The van der Waals surface area contributed by atoms with Gasteiger partial charge in [-0.05, 0) is 38.1 Å². The van der Waals surface area contributed by atoms with E-state index in [1.54, 1.807) is 6.07 Å². The van der Waals surface area contributed by atoms with E-state index in [0.717, 1.165) is 30.0 Å². The Morgan fingerprint density at radius 2 is 2.04 bits per heavy atom. The smallest absolute Gasteiger partial charge is 0.227 e. The second-order valence-corrected chi connectivity index (χ2v) is 6.77. The summed E-state index contributed by atoms with van der Waals surface area (Å²) in [5.41, 5.74) is 0.720. The van der Waals surface area contributed by atoms with E-state index >= 15 is 0 Å². The number of halogens is 1. The van der Waals surface area contributed by atoms with Gasteiger partial charge in [0.05, 0.1) is 12.2 Å². The zero-order valence-corrected chi connectivity index (χ0v) is 14.5. The lowest BCUT2D eigenvalue weighted by Crippen LogP contribution is -2.33. The van der Waals surface area contributed by atoms with Crippen LogP contribution in [0, 0.1) is 5.82 Å². The van der Waals surface area contributed by atoms with E-state index < -0.39 is 17.8 Å². The lowest BCUT2D eigenvalue weighted by Gasteiger charge is -2.30. The molecule has 1 aliphatic rings. The molecule has 3 heterocycles. The van der Waals surface area contributed by atoms with Gasteiger partial charge in [0, 0.05) is 23.4 Å². The van der Waals surface area contributed by atoms with Gasteiger partial charge in [0.2, 0.25) is 11.2 Å². The highest BCUT2D eigenvalue weighted by atomic mass is 19.1. The Labute approximate surface area is 153 Å². The normalized spacial score (nSPS) is 16.2. The minimum atomic E-state index is -0.559. The molecule has 0 amide bonds. The summed E-state index contributed by atoms with van der Waals surface area (Å²) in [6, 6.07) is 5.51. The lowest BCUT2D eigenvalue weighted by atomic mass is 9.91. The third-order valence-electron chi connectivity index (χ3n) is 5.00. The minimum Gasteiger partial charge on any atom is -0.502 e. The van der Waals surface area contributed by atoms with Gasteiger partial charge in [-0.1, -0.05) is 5.16 Å². The second kappa shape index (κ2) is 7.13. The van der Waals surface area contributed by atoms with Crippen LogP contribution in [-0.4, -0.2) is 33.4 Å². The van der Waals surface area contributed by atoms with Gasteiger partial charge in [-0.25, -0.2) is 4.39 Å². The van der Waals surface area contributed by atoms with Gasteiger partial charge in [-0.2, -0.15) is 0 Å². The third kappa shape index (κ3) is 3.45. The highest BCUT2D eigenvalue weighted by molar-refractivity contribution is 5.79. The highest BCUT2D eigenvalue weighted by Crippen LogP contribution is 2.33. The number of piperidine rings is 1. The van der Waals surface area contributed by atoms with E-state index in [-0.39, 0.29) is 29.8 Å². The Morgan fingerprint density at radius 3 is 2.78 bits per heavy atom. The van der Waals surface area contributed by atoms with Crippen LogP contribution < -0.4 is 5.43 Å². The van der Waals surface area contributed by atoms with E-state index in [2.05, 4.69) is 10.1 Å². The third-order valence-corrected chi connectivity index (χ3v) is 5.00. The number of aliphatic hydroxyl groups is 1. The summed E-state index contributed by atoms with van der Waals surface area (Å²) in [4.78, 5) is 13.8. The van der Waals surface area contributed by atoms with Crippen molar-refractivity contribution in [3.63, 3.8) is 0 Å². The first-order chi connectivity index (χ1) is 13.0. The van der Waals surface area contributed by atoms with E-state index in [9.17, 15) is 14.3 Å². The minimum absolute atomic E-state index is 0.129. The summed E-state index contributed by atoms with van der Waals surface area (Å²) in [6.45, 7) is 1.32. The predicted octanol–water partition coefficient (Wildman–Crippen LogP) is 2.50. The van der Waals surface area contributed by atoms with Crippen LogP contribution in [-0.2, 0) is 13.2 Å². The van der Waals surface area contributed by atoms with Crippen LogP contribution in [0.15, 0.2) is 38.0 Å². The highest BCUT2D eigenvalue weighted by Gasteiger charge is 2.26. The summed E-state index contributed by atoms with van der Waals surface area (Å²) < 4.78 is 24.0. The molecule has 0 aliphatic carbocycles. The number of aliphatic hydroxyl groups excluding tert-OH is 1. The summed E-state index contributed by atoms with van der Waals surface area (Å²) in [7, 11) is 0. The average molecular weight is 374 g/mol. The Bertz CT molecular complexity index is 1020. The van der Waals surface area contributed by atoms with Crippen LogP contribution in [0.3, 0.4) is 0 Å².